The zero-order chi connectivity index (χ0) is 45.4. The molecule has 0 unspecified atom stereocenters. The van der Waals surface area contributed by atoms with Gasteiger partial charge in [0.05, 0.1) is 0 Å². The summed E-state index contributed by atoms with van der Waals surface area (Å²) in [5.41, 5.74) is 22.9. The molecule has 0 saturated heterocycles. The molecule has 5 heteroatoms. The maximum Gasteiger partial charge on any atom is 0.0488 e. The number of aromatic amines is 1. The van der Waals surface area contributed by atoms with Crippen LogP contribution in [0, 0.1) is 0 Å². The van der Waals surface area contributed by atoms with Crippen molar-refractivity contribution in [1.82, 2.24) is 14.1 Å². The third-order valence-electron chi connectivity index (χ3n) is 14.9. The molecule has 5 heterocycles. The van der Waals surface area contributed by atoms with Gasteiger partial charge in [0.1, 0.15) is 0 Å². The summed E-state index contributed by atoms with van der Waals surface area (Å²) in [6.07, 6.45) is 19.8. The molecule has 2 aliphatic heterocycles. The van der Waals surface area contributed by atoms with Crippen molar-refractivity contribution in [3.63, 3.8) is 0 Å². The Hall–Kier alpha value is -7.24. The number of H-pyrrole nitrogens is 1. The molecule has 0 radical (unpaired) electrons. The smallest absolute Gasteiger partial charge is 0.0488 e. The minimum absolute atomic E-state index is 1.05. The van der Waals surface area contributed by atoms with E-state index < -0.39 is 0 Å². The number of nitrogens with zero attached hydrogens (tertiary/aromatic N) is 4. The average molecular weight is 876 g/mol. The van der Waals surface area contributed by atoms with Crippen LogP contribution in [0.25, 0.3) is 49.7 Å². The first-order valence-corrected chi connectivity index (χ1v) is 24.4. The van der Waals surface area contributed by atoms with E-state index in [4.69, 9.17) is 0 Å². The van der Waals surface area contributed by atoms with Gasteiger partial charge in [-0.25, -0.2) is 0 Å². The molecule has 67 heavy (non-hydrogen) atoms. The van der Waals surface area contributed by atoms with E-state index in [2.05, 4.69) is 216 Å². The van der Waals surface area contributed by atoms with Crippen molar-refractivity contribution in [2.45, 2.75) is 57.8 Å². The third-order valence-corrected chi connectivity index (χ3v) is 14.9. The highest BCUT2D eigenvalue weighted by molar-refractivity contribution is 6.07. The number of benzene rings is 7. The molecule has 0 spiro atoms. The van der Waals surface area contributed by atoms with E-state index in [1.165, 1.54) is 134 Å². The molecule has 3 aliphatic carbocycles. The van der Waals surface area contributed by atoms with Gasteiger partial charge >= 0.3 is 0 Å². The highest BCUT2D eigenvalue weighted by Crippen LogP contribution is 2.37. The van der Waals surface area contributed by atoms with E-state index in [1.54, 1.807) is 27.8 Å². The van der Waals surface area contributed by atoms with Crippen LogP contribution in [0.2, 0.25) is 0 Å². The van der Waals surface area contributed by atoms with Crippen molar-refractivity contribution < 1.29 is 0 Å². The molecule has 0 atom stereocenters. The Morgan fingerprint density at radius 3 is 1.76 bits per heavy atom. The molecule has 5 nitrogen and oxygen atoms in total. The summed E-state index contributed by atoms with van der Waals surface area (Å²) in [5.74, 6) is 0. The van der Waals surface area contributed by atoms with Gasteiger partial charge in [-0.3, -0.25) is 0 Å². The first-order valence-electron chi connectivity index (χ1n) is 24.4. The fourth-order valence-electron chi connectivity index (χ4n) is 11.2. The van der Waals surface area contributed by atoms with Crippen molar-refractivity contribution in [1.29, 1.82) is 0 Å². The summed E-state index contributed by atoms with van der Waals surface area (Å²) in [6, 6.07) is 52.6. The first-order chi connectivity index (χ1) is 32.9. The Balaban J connectivity index is 0.0000000923. The lowest BCUT2D eigenvalue weighted by molar-refractivity contribution is 0.908. The Kier molecular flexibility index (Phi) is 11.5. The van der Waals surface area contributed by atoms with Gasteiger partial charge in [-0.15, -0.1) is 0 Å². The van der Waals surface area contributed by atoms with Crippen LogP contribution in [-0.4, -0.2) is 34.8 Å². The Labute approximate surface area is 395 Å². The molecule has 7 aromatic carbocycles. The Morgan fingerprint density at radius 2 is 1.06 bits per heavy atom. The molecule has 0 saturated carbocycles. The summed E-state index contributed by atoms with van der Waals surface area (Å²) in [6.45, 7) is 1.21. The van der Waals surface area contributed by atoms with Gasteiger partial charge in [0.2, 0.25) is 0 Å². The van der Waals surface area contributed by atoms with E-state index in [-0.39, 0.29) is 0 Å². The summed E-state index contributed by atoms with van der Waals surface area (Å²) < 4.78 is 4.41. The molecule has 0 fully saturated rings. The molecule has 334 valence electrons. The summed E-state index contributed by atoms with van der Waals surface area (Å²) in [5, 5.41) is 5.39. The lowest BCUT2D eigenvalue weighted by Crippen LogP contribution is -2.18. The van der Waals surface area contributed by atoms with Crippen molar-refractivity contribution in [2.24, 2.45) is 14.1 Å². The summed E-state index contributed by atoms with van der Waals surface area (Å²) in [4.78, 5) is 7.90. The van der Waals surface area contributed by atoms with Crippen LogP contribution in [0.3, 0.4) is 0 Å². The molecule has 15 rings (SSSR count). The van der Waals surface area contributed by atoms with E-state index in [9.17, 15) is 0 Å². The fraction of sp³-hybridized carbons (Fsp3) is 0.226. The van der Waals surface area contributed by atoms with Crippen LogP contribution in [0.15, 0.2) is 164 Å². The topological polar surface area (TPSA) is 32.1 Å². The van der Waals surface area contributed by atoms with Crippen LogP contribution >= 0.6 is 0 Å². The number of nitrogens with one attached hydrogen (secondary N) is 1. The van der Waals surface area contributed by atoms with Crippen LogP contribution in [0.4, 0.5) is 17.1 Å². The monoisotopic (exact) mass is 875 g/mol. The van der Waals surface area contributed by atoms with Crippen LogP contribution in [0.1, 0.15) is 62.9 Å². The standard InChI is InChI=1S/C14H13N.C13H11N.C12H15N.C12H11N.C11H11N/c1-15-13-8-4-2-6-11(13)10-12-7-3-5-9-14(12)15;1-14-12-8-4-2-6-10(12)11-7-3-5-9-13(11)14;2*1-13-6-5-11-7-9-3-2-4-10(9)8-12(11)13;1-2-8-6-10-4-5-12-11(10)7-9(8)3-1/h2-9H,10H2,1H3;2-9H,1H3;7-8H,2-6H2,1H3;2,4-8H,3H2,1H3;4-7,12H,1-3H2. The van der Waals surface area contributed by atoms with Gasteiger partial charge in [0, 0.05) is 103 Å². The Bertz CT molecular complexity index is 3310. The van der Waals surface area contributed by atoms with Crippen molar-refractivity contribution >= 4 is 66.7 Å². The minimum Gasteiger partial charge on any atom is -0.374 e. The van der Waals surface area contributed by atoms with E-state index in [0.717, 1.165) is 12.8 Å². The number of aryl methyl sites for hydroxylation is 6. The second-order valence-electron chi connectivity index (χ2n) is 19.0. The van der Waals surface area contributed by atoms with Gasteiger partial charge in [-0.2, -0.15) is 0 Å². The van der Waals surface area contributed by atoms with Crippen molar-refractivity contribution in [2.75, 3.05) is 30.4 Å². The highest BCUT2D eigenvalue weighted by Gasteiger charge is 2.21. The lowest BCUT2D eigenvalue weighted by Gasteiger charge is -2.29. The minimum atomic E-state index is 1.05. The molecular formula is C62H61N5. The molecule has 3 aromatic heterocycles. The summed E-state index contributed by atoms with van der Waals surface area (Å²) in [7, 11) is 8.54. The molecule has 5 aliphatic rings. The third kappa shape index (κ3) is 8.33. The number of rotatable bonds is 0. The molecule has 10 aromatic rings. The second kappa shape index (κ2) is 18.2. The van der Waals surface area contributed by atoms with Crippen LogP contribution in [-0.2, 0) is 59.0 Å². The van der Waals surface area contributed by atoms with Gasteiger partial charge in [0.15, 0.2) is 0 Å². The second-order valence-corrected chi connectivity index (χ2v) is 19.0. The number of likely N-dealkylation sites (N-methyl/N-ethyl adjacent to an activating group) is 1. The first kappa shape index (κ1) is 42.4. The molecule has 0 amide bonds. The number of fused-ring (bicyclic) bond motifs is 11. The average Bonchev–Trinajstić information content (AvgIpc) is 4.26. The zero-order valence-electron chi connectivity index (χ0n) is 39.5. The fourth-order valence-corrected chi connectivity index (χ4v) is 11.2. The predicted octanol–water partition coefficient (Wildman–Crippen LogP) is 14.3. The number of hydrogen-bond acceptors (Lipinski definition) is 2. The van der Waals surface area contributed by atoms with E-state index in [0.29, 0.717) is 0 Å². The van der Waals surface area contributed by atoms with Crippen molar-refractivity contribution in [3.05, 3.63) is 214 Å². The maximum atomic E-state index is 3.25. The number of anilines is 3. The predicted molar refractivity (Wildman–Crippen MR) is 286 cm³/mol. The van der Waals surface area contributed by atoms with Gasteiger partial charge in [-0.05, 0) is 179 Å². The molecule has 1 N–H and O–H groups in total. The molecule has 0 bridgehead atoms. The summed E-state index contributed by atoms with van der Waals surface area (Å²) >= 11 is 0. The lowest BCUT2D eigenvalue weighted by atomic mass is 9.96. The number of aromatic nitrogens is 3. The van der Waals surface area contributed by atoms with Crippen molar-refractivity contribution in [3.8, 4) is 0 Å². The van der Waals surface area contributed by atoms with Crippen LogP contribution in [0.5, 0.6) is 0 Å². The zero-order valence-corrected chi connectivity index (χ0v) is 39.5. The Morgan fingerprint density at radius 1 is 0.463 bits per heavy atom. The SMILES string of the molecule is CN1CCc2cc3c(cc21)CCC3.CN1c2ccccc2Cc2ccccc21.Cn1c2ccccc2c2ccccc21.Cn1ccc2cc3c(cc21)C=CC3.c1cc2cc3c(cc2[nH]1)CCC3. The highest BCUT2D eigenvalue weighted by atomic mass is 15.1. The van der Waals surface area contributed by atoms with Gasteiger partial charge < -0.3 is 23.9 Å². The largest absolute Gasteiger partial charge is 0.374 e. The normalized spacial score (nSPS) is 14.4. The van der Waals surface area contributed by atoms with E-state index >= 15 is 0 Å². The van der Waals surface area contributed by atoms with Gasteiger partial charge in [-0.1, -0.05) is 91.0 Å². The number of allylic oxidation sites excluding steroid dienone is 1. The van der Waals surface area contributed by atoms with Gasteiger partial charge in [0.25, 0.3) is 0 Å². The maximum absolute atomic E-state index is 3.25. The van der Waals surface area contributed by atoms with E-state index in [1.807, 2.05) is 6.20 Å². The number of hydrogen-bond donors (Lipinski definition) is 1. The molecular weight excluding hydrogens is 815 g/mol. The van der Waals surface area contributed by atoms with Crippen LogP contribution < -0.4 is 9.80 Å². The number of para-hydroxylation sites is 4. The quantitative estimate of drug-likeness (QED) is 0.165.